The highest BCUT2D eigenvalue weighted by atomic mass is 16.5. The van der Waals surface area contributed by atoms with Gasteiger partial charge in [0.05, 0.1) is 13.7 Å². The van der Waals surface area contributed by atoms with Gasteiger partial charge in [-0.1, -0.05) is 0 Å². The molecular weight excluding hydrogens is 176 g/mol. The van der Waals surface area contributed by atoms with Crippen molar-refractivity contribution in [3.63, 3.8) is 0 Å². The molecule has 0 aliphatic carbocycles. The summed E-state index contributed by atoms with van der Waals surface area (Å²) < 4.78 is 9.28. The van der Waals surface area contributed by atoms with E-state index in [0.717, 1.165) is 7.11 Å². The first kappa shape index (κ1) is 11.9. The van der Waals surface area contributed by atoms with Crippen LogP contribution in [0.4, 0.5) is 0 Å². The largest absolute Gasteiger partial charge is 0.480 e. The highest BCUT2D eigenvalue weighted by Gasteiger charge is 2.42. The van der Waals surface area contributed by atoms with Gasteiger partial charge in [0.25, 0.3) is 0 Å². The molecule has 1 atom stereocenters. The minimum Gasteiger partial charge on any atom is -0.480 e. The smallest absolute Gasteiger partial charge is 0.325 e. The number of carbonyl (C=O) groups excluding carboxylic acids is 1. The van der Waals surface area contributed by atoms with E-state index >= 15 is 0 Å². The van der Waals surface area contributed by atoms with Crippen LogP contribution in [0.2, 0.25) is 0 Å². The van der Waals surface area contributed by atoms with Gasteiger partial charge in [-0.05, 0) is 13.8 Å². The average molecular weight is 190 g/mol. The van der Waals surface area contributed by atoms with Gasteiger partial charge in [-0.25, -0.2) is 0 Å². The van der Waals surface area contributed by atoms with E-state index in [4.69, 9.17) is 9.84 Å². The first-order chi connectivity index (χ1) is 5.99. The van der Waals surface area contributed by atoms with Crippen molar-refractivity contribution in [3.8, 4) is 0 Å². The number of hydrogen-bond donors (Lipinski definition) is 1. The predicted molar refractivity (Wildman–Crippen MR) is 44.3 cm³/mol. The van der Waals surface area contributed by atoms with Crippen LogP contribution in [0.5, 0.6) is 0 Å². The molecule has 0 aromatic heterocycles. The Kier molecular flexibility index (Phi) is 4.40. The molecule has 0 heterocycles. The first-order valence-corrected chi connectivity index (χ1v) is 3.88. The number of carboxylic acid groups (broad SMARTS) is 1. The number of ether oxygens (including phenoxy) is 2. The van der Waals surface area contributed by atoms with Gasteiger partial charge in [-0.15, -0.1) is 0 Å². The summed E-state index contributed by atoms with van der Waals surface area (Å²) in [4.78, 5) is 21.8. The second-order valence-electron chi connectivity index (χ2n) is 2.77. The molecule has 76 valence electrons. The highest BCUT2D eigenvalue weighted by molar-refractivity contribution is 5.98. The summed E-state index contributed by atoms with van der Waals surface area (Å²) in [5.41, 5.74) is -1.61. The minimum absolute atomic E-state index is 0.175. The molecule has 1 N–H and O–H groups in total. The van der Waals surface area contributed by atoms with Gasteiger partial charge in [0.1, 0.15) is 0 Å². The van der Waals surface area contributed by atoms with Gasteiger partial charge in [-0.3, -0.25) is 9.59 Å². The van der Waals surface area contributed by atoms with Crippen LogP contribution in [-0.2, 0) is 19.1 Å². The molecule has 0 aromatic rings. The van der Waals surface area contributed by atoms with Crippen molar-refractivity contribution in [1.82, 2.24) is 0 Å². The Morgan fingerprint density at radius 2 is 2.00 bits per heavy atom. The molecule has 0 spiro atoms. The van der Waals surface area contributed by atoms with Crippen LogP contribution < -0.4 is 0 Å². The van der Waals surface area contributed by atoms with E-state index < -0.39 is 17.4 Å². The number of hydrogen-bond acceptors (Lipinski definition) is 4. The van der Waals surface area contributed by atoms with Crippen LogP contribution in [-0.4, -0.2) is 37.4 Å². The number of rotatable bonds is 5. The molecule has 0 radical (unpaired) electrons. The van der Waals surface area contributed by atoms with Gasteiger partial charge >= 0.3 is 11.9 Å². The maximum absolute atomic E-state index is 11.1. The topological polar surface area (TPSA) is 72.8 Å². The Bertz CT molecular complexity index is 201. The summed E-state index contributed by atoms with van der Waals surface area (Å²) in [6.07, 6.45) is 0. The molecule has 5 heteroatoms. The van der Waals surface area contributed by atoms with Gasteiger partial charge in [-0.2, -0.15) is 0 Å². The fraction of sp³-hybridized carbons (Fsp3) is 0.750. The first-order valence-electron chi connectivity index (χ1n) is 3.88. The lowest BCUT2D eigenvalue weighted by atomic mass is 9.92. The second-order valence-corrected chi connectivity index (χ2v) is 2.77. The summed E-state index contributed by atoms with van der Waals surface area (Å²) in [5.74, 6) is -2.04. The second kappa shape index (κ2) is 4.81. The van der Waals surface area contributed by atoms with Gasteiger partial charge < -0.3 is 14.6 Å². The van der Waals surface area contributed by atoms with Crippen LogP contribution >= 0.6 is 0 Å². The molecule has 0 aliphatic heterocycles. The Hall–Kier alpha value is -1.10. The van der Waals surface area contributed by atoms with E-state index in [1.807, 2.05) is 0 Å². The third kappa shape index (κ3) is 2.69. The van der Waals surface area contributed by atoms with Gasteiger partial charge in [0.15, 0.2) is 5.41 Å². The van der Waals surface area contributed by atoms with Gasteiger partial charge in [0, 0.05) is 6.61 Å². The average Bonchev–Trinajstić information content (AvgIpc) is 2.12. The van der Waals surface area contributed by atoms with Crippen molar-refractivity contribution < 1.29 is 24.2 Å². The van der Waals surface area contributed by atoms with Crippen molar-refractivity contribution in [2.75, 3.05) is 20.3 Å². The Balaban J connectivity index is 4.52. The molecule has 1 unspecified atom stereocenters. The fourth-order valence-corrected chi connectivity index (χ4v) is 0.739. The zero-order valence-corrected chi connectivity index (χ0v) is 7.99. The van der Waals surface area contributed by atoms with E-state index in [0.29, 0.717) is 6.61 Å². The van der Waals surface area contributed by atoms with Gasteiger partial charge in [0.2, 0.25) is 0 Å². The van der Waals surface area contributed by atoms with Crippen LogP contribution in [0, 0.1) is 5.41 Å². The summed E-state index contributed by atoms with van der Waals surface area (Å²) >= 11 is 0. The molecule has 0 fully saturated rings. The van der Waals surface area contributed by atoms with Crippen LogP contribution in [0.3, 0.4) is 0 Å². The van der Waals surface area contributed by atoms with E-state index in [9.17, 15) is 9.59 Å². The zero-order valence-electron chi connectivity index (χ0n) is 7.99. The number of carboxylic acids is 1. The van der Waals surface area contributed by atoms with Crippen molar-refractivity contribution in [2.24, 2.45) is 5.41 Å². The summed E-state index contributed by atoms with van der Waals surface area (Å²) in [5, 5.41) is 8.78. The van der Waals surface area contributed by atoms with Crippen molar-refractivity contribution in [2.45, 2.75) is 13.8 Å². The summed E-state index contributed by atoms with van der Waals surface area (Å²) in [6.45, 7) is 3.18. The van der Waals surface area contributed by atoms with E-state index in [-0.39, 0.29) is 6.61 Å². The molecule has 0 rings (SSSR count). The zero-order chi connectivity index (χ0) is 10.5. The van der Waals surface area contributed by atoms with E-state index in [2.05, 4.69) is 4.74 Å². The Morgan fingerprint density at radius 3 is 2.31 bits per heavy atom. The lowest BCUT2D eigenvalue weighted by Gasteiger charge is -2.20. The number of aliphatic carboxylic acids is 1. The maximum Gasteiger partial charge on any atom is 0.325 e. The Labute approximate surface area is 76.6 Å². The number of methoxy groups -OCH3 is 1. The highest BCUT2D eigenvalue weighted by Crippen LogP contribution is 2.19. The Morgan fingerprint density at radius 1 is 1.46 bits per heavy atom. The molecule has 13 heavy (non-hydrogen) atoms. The fourth-order valence-electron chi connectivity index (χ4n) is 0.739. The maximum atomic E-state index is 11.1. The van der Waals surface area contributed by atoms with Crippen molar-refractivity contribution >= 4 is 11.9 Å². The quantitative estimate of drug-likeness (QED) is 0.498. The molecule has 0 aliphatic rings. The number of esters is 1. The molecule has 0 amide bonds. The van der Waals surface area contributed by atoms with Crippen molar-refractivity contribution in [1.29, 1.82) is 0 Å². The van der Waals surface area contributed by atoms with Crippen LogP contribution in [0.15, 0.2) is 0 Å². The van der Waals surface area contributed by atoms with E-state index in [1.165, 1.54) is 6.92 Å². The standard InChI is InChI=1S/C8H14O5/c1-4-13-5-8(2,6(9)10)7(11)12-3/h4-5H2,1-3H3,(H,9,10). The molecular formula is C8H14O5. The van der Waals surface area contributed by atoms with Crippen LogP contribution in [0.1, 0.15) is 13.8 Å². The van der Waals surface area contributed by atoms with Crippen molar-refractivity contribution in [3.05, 3.63) is 0 Å². The lowest BCUT2D eigenvalue weighted by molar-refractivity contribution is -0.169. The normalized spacial score (nSPS) is 14.7. The summed E-state index contributed by atoms with van der Waals surface area (Å²) in [7, 11) is 1.15. The lowest BCUT2D eigenvalue weighted by Crippen LogP contribution is -2.41. The van der Waals surface area contributed by atoms with Crippen LogP contribution in [0.25, 0.3) is 0 Å². The monoisotopic (exact) mass is 190 g/mol. The molecule has 5 nitrogen and oxygen atoms in total. The minimum atomic E-state index is -1.61. The molecule has 0 aromatic carbocycles. The summed E-state index contributed by atoms with van der Waals surface area (Å²) in [6, 6.07) is 0. The number of carbonyl (C=O) groups is 2. The third-order valence-electron chi connectivity index (χ3n) is 1.70. The molecule has 0 saturated heterocycles. The van der Waals surface area contributed by atoms with E-state index in [1.54, 1.807) is 6.92 Å². The molecule has 0 saturated carbocycles. The SMILES string of the molecule is CCOCC(C)(C(=O)O)C(=O)OC. The molecule has 0 bridgehead atoms. The third-order valence-corrected chi connectivity index (χ3v) is 1.70. The predicted octanol–water partition coefficient (Wildman–Crippen LogP) is 0.287.